The van der Waals surface area contributed by atoms with Crippen LogP contribution in [0.15, 0.2) is 24.3 Å². The SMILES string of the molecule is CC(C)C(=O)Nc1ccccc1C(C)(C)C. The fourth-order valence-electron chi connectivity index (χ4n) is 1.52. The third-order valence-electron chi connectivity index (χ3n) is 2.52. The average molecular weight is 219 g/mol. The molecule has 0 fully saturated rings. The Labute approximate surface area is 98.1 Å². The molecular formula is C14H21NO. The van der Waals surface area contributed by atoms with Gasteiger partial charge in [0.2, 0.25) is 5.91 Å². The molecule has 1 amide bonds. The number of carbonyl (C=O) groups is 1. The van der Waals surface area contributed by atoms with Gasteiger partial charge in [-0.15, -0.1) is 0 Å². The third kappa shape index (κ3) is 3.09. The van der Waals surface area contributed by atoms with Gasteiger partial charge < -0.3 is 5.32 Å². The first-order valence-electron chi connectivity index (χ1n) is 5.72. The van der Waals surface area contributed by atoms with Crippen LogP contribution in [0.2, 0.25) is 0 Å². The lowest BCUT2D eigenvalue weighted by atomic mass is 9.86. The maximum absolute atomic E-state index is 11.7. The minimum Gasteiger partial charge on any atom is -0.326 e. The number of anilines is 1. The van der Waals surface area contributed by atoms with E-state index in [2.05, 4.69) is 32.2 Å². The largest absolute Gasteiger partial charge is 0.326 e. The molecule has 0 atom stereocenters. The average Bonchev–Trinajstić information content (AvgIpc) is 2.16. The summed E-state index contributed by atoms with van der Waals surface area (Å²) in [4.78, 5) is 11.7. The molecular weight excluding hydrogens is 198 g/mol. The van der Waals surface area contributed by atoms with Crippen molar-refractivity contribution in [3.05, 3.63) is 29.8 Å². The number of hydrogen-bond donors (Lipinski definition) is 1. The highest BCUT2D eigenvalue weighted by Gasteiger charge is 2.18. The van der Waals surface area contributed by atoms with Crippen LogP contribution in [-0.2, 0) is 10.2 Å². The minimum atomic E-state index is 0.00743. The molecule has 0 saturated heterocycles. The van der Waals surface area contributed by atoms with Crippen LogP contribution in [0.25, 0.3) is 0 Å². The second-order valence-electron chi connectivity index (χ2n) is 5.44. The predicted octanol–water partition coefficient (Wildman–Crippen LogP) is 3.58. The summed E-state index contributed by atoms with van der Waals surface area (Å²) in [5.41, 5.74) is 2.14. The van der Waals surface area contributed by atoms with Gasteiger partial charge in [-0.05, 0) is 17.0 Å². The van der Waals surface area contributed by atoms with Crippen molar-refractivity contribution < 1.29 is 4.79 Å². The normalized spacial score (nSPS) is 11.6. The quantitative estimate of drug-likeness (QED) is 0.809. The van der Waals surface area contributed by atoms with Gasteiger partial charge in [0.25, 0.3) is 0 Å². The van der Waals surface area contributed by atoms with Crippen molar-refractivity contribution in [1.82, 2.24) is 0 Å². The Balaban J connectivity index is 3.01. The highest BCUT2D eigenvalue weighted by Crippen LogP contribution is 2.29. The van der Waals surface area contributed by atoms with E-state index >= 15 is 0 Å². The Kier molecular flexibility index (Phi) is 3.74. The molecule has 0 aliphatic rings. The van der Waals surface area contributed by atoms with Crippen molar-refractivity contribution in [3.8, 4) is 0 Å². The van der Waals surface area contributed by atoms with E-state index < -0.39 is 0 Å². The van der Waals surface area contributed by atoms with Crippen molar-refractivity contribution in [2.75, 3.05) is 5.32 Å². The molecule has 1 rings (SSSR count). The van der Waals surface area contributed by atoms with E-state index in [-0.39, 0.29) is 17.2 Å². The summed E-state index contributed by atoms with van der Waals surface area (Å²) in [5, 5.41) is 2.98. The van der Waals surface area contributed by atoms with E-state index in [1.807, 2.05) is 32.0 Å². The molecule has 0 aliphatic heterocycles. The second kappa shape index (κ2) is 4.69. The third-order valence-corrected chi connectivity index (χ3v) is 2.52. The predicted molar refractivity (Wildman–Crippen MR) is 68.6 cm³/mol. The van der Waals surface area contributed by atoms with E-state index in [0.717, 1.165) is 5.69 Å². The molecule has 1 N–H and O–H groups in total. The van der Waals surface area contributed by atoms with E-state index in [9.17, 15) is 4.79 Å². The lowest BCUT2D eigenvalue weighted by molar-refractivity contribution is -0.118. The first-order chi connectivity index (χ1) is 7.32. The molecule has 2 heteroatoms. The summed E-state index contributed by atoms with van der Waals surface area (Å²) in [6.07, 6.45) is 0. The first-order valence-corrected chi connectivity index (χ1v) is 5.72. The number of para-hydroxylation sites is 1. The number of rotatable bonds is 2. The van der Waals surface area contributed by atoms with E-state index in [0.29, 0.717) is 0 Å². The Morgan fingerprint density at radius 3 is 2.25 bits per heavy atom. The van der Waals surface area contributed by atoms with Crippen molar-refractivity contribution >= 4 is 11.6 Å². The van der Waals surface area contributed by atoms with Crippen LogP contribution >= 0.6 is 0 Å². The number of benzene rings is 1. The van der Waals surface area contributed by atoms with Crippen LogP contribution in [0.3, 0.4) is 0 Å². The molecule has 2 nitrogen and oxygen atoms in total. The van der Waals surface area contributed by atoms with Gasteiger partial charge in [-0.2, -0.15) is 0 Å². The molecule has 0 aromatic heterocycles. The zero-order chi connectivity index (χ0) is 12.3. The van der Waals surface area contributed by atoms with Gasteiger partial charge in [0.15, 0.2) is 0 Å². The highest BCUT2D eigenvalue weighted by molar-refractivity contribution is 5.93. The van der Waals surface area contributed by atoms with Crippen LogP contribution in [0.5, 0.6) is 0 Å². The van der Waals surface area contributed by atoms with Gasteiger partial charge in [0, 0.05) is 11.6 Å². The van der Waals surface area contributed by atoms with E-state index in [4.69, 9.17) is 0 Å². The molecule has 0 radical (unpaired) electrons. The van der Waals surface area contributed by atoms with Crippen molar-refractivity contribution in [2.45, 2.75) is 40.0 Å². The molecule has 1 aromatic carbocycles. The maximum Gasteiger partial charge on any atom is 0.226 e. The molecule has 0 aliphatic carbocycles. The first kappa shape index (κ1) is 12.8. The second-order valence-corrected chi connectivity index (χ2v) is 5.44. The smallest absolute Gasteiger partial charge is 0.226 e. The van der Waals surface area contributed by atoms with Crippen molar-refractivity contribution in [1.29, 1.82) is 0 Å². The topological polar surface area (TPSA) is 29.1 Å². The van der Waals surface area contributed by atoms with E-state index in [1.54, 1.807) is 0 Å². The standard InChI is InChI=1S/C14H21NO/c1-10(2)13(16)15-12-9-7-6-8-11(12)14(3,4)5/h6-10H,1-5H3,(H,15,16). The van der Waals surface area contributed by atoms with Gasteiger partial charge in [-0.3, -0.25) is 4.79 Å². The maximum atomic E-state index is 11.7. The van der Waals surface area contributed by atoms with Crippen LogP contribution in [0, 0.1) is 5.92 Å². The van der Waals surface area contributed by atoms with Crippen LogP contribution < -0.4 is 5.32 Å². The summed E-state index contributed by atoms with van der Waals surface area (Å²) >= 11 is 0. The monoisotopic (exact) mass is 219 g/mol. The van der Waals surface area contributed by atoms with Crippen LogP contribution in [0.4, 0.5) is 5.69 Å². The summed E-state index contributed by atoms with van der Waals surface area (Å²) in [5.74, 6) is 0.0738. The highest BCUT2D eigenvalue weighted by atomic mass is 16.1. The fraction of sp³-hybridized carbons (Fsp3) is 0.500. The molecule has 0 bridgehead atoms. The molecule has 0 saturated carbocycles. The molecule has 1 aromatic rings. The molecule has 16 heavy (non-hydrogen) atoms. The number of carbonyl (C=O) groups excluding carboxylic acids is 1. The molecule has 88 valence electrons. The Morgan fingerprint density at radius 2 is 1.75 bits per heavy atom. The Hall–Kier alpha value is -1.31. The van der Waals surface area contributed by atoms with Gasteiger partial charge in [0.05, 0.1) is 0 Å². The number of nitrogens with one attached hydrogen (secondary N) is 1. The fourth-order valence-corrected chi connectivity index (χ4v) is 1.52. The molecule has 0 spiro atoms. The summed E-state index contributed by atoms with van der Waals surface area (Å²) in [6, 6.07) is 7.98. The molecule has 0 unspecified atom stereocenters. The van der Waals surface area contributed by atoms with Gasteiger partial charge in [-0.1, -0.05) is 52.8 Å². The van der Waals surface area contributed by atoms with Gasteiger partial charge >= 0.3 is 0 Å². The lowest BCUT2D eigenvalue weighted by Crippen LogP contribution is -2.21. The van der Waals surface area contributed by atoms with Crippen LogP contribution in [-0.4, -0.2) is 5.91 Å². The van der Waals surface area contributed by atoms with Crippen LogP contribution in [0.1, 0.15) is 40.2 Å². The summed E-state index contributed by atoms with van der Waals surface area (Å²) < 4.78 is 0. The Morgan fingerprint density at radius 1 is 1.19 bits per heavy atom. The van der Waals surface area contributed by atoms with Crippen molar-refractivity contribution in [3.63, 3.8) is 0 Å². The van der Waals surface area contributed by atoms with Gasteiger partial charge in [-0.25, -0.2) is 0 Å². The van der Waals surface area contributed by atoms with Gasteiger partial charge in [0.1, 0.15) is 0 Å². The lowest BCUT2D eigenvalue weighted by Gasteiger charge is -2.23. The van der Waals surface area contributed by atoms with Crippen molar-refractivity contribution in [2.24, 2.45) is 5.92 Å². The summed E-state index contributed by atoms with van der Waals surface area (Å²) in [6.45, 7) is 10.2. The number of amides is 1. The zero-order valence-electron chi connectivity index (χ0n) is 10.8. The minimum absolute atomic E-state index is 0.00743. The number of hydrogen-bond acceptors (Lipinski definition) is 1. The summed E-state index contributed by atoms with van der Waals surface area (Å²) in [7, 11) is 0. The van der Waals surface area contributed by atoms with E-state index in [1.165, 1.54) is 5.56 Å². The Bertz CT molecular complexity index is 375. The molecule has 0 heterocycles. The zero-order valence-corrected chi connectivity index (χ0v) is 10.8.